The van der Waals surface area contributed by atoms with Gasteiger partial charge in [0.25, 0.3) is 0 Å². The standard InChI is InChI=1S/C26H36N6/c1-5-7-9-22(8-6-2)25-14-15-28-26(30-25)29-23-10-12-24(13-11-23)32-18-16-31(17-19-32)21(4)20(3)27/h6,8-15,20H,4-5,7,16-19,27H2,1-3H3,(H,28,29,30)/b8-6-,22-9+. The van der Waals surface area contributed by atoms with E-state index in [1.807, 2.05) is 26.0 Å². The second-order valence-electron chi connectivity index (χ2n) is 8.14. The zero-order valence-corrected chi connectivity index (χ0v) is 19.6. The van der Waals surface area contributed by atoms with Crippen LogP contribution in [0.2, 0.25) is 0 Å². The number of hydrogen-bond donors (Lipinski definition) is 2. The van der Waals surface area contributed by atoms with Crippen molar-refractivity contribution in [3.05, 3.63) is 72.7 Å². The van der Waals surface area contributed by atoms with Crippen molar-refractivity contribution in [3.8, 4) is 0 Å². The van der Waals surface area contributed by atoms with Crippen LogP contribution in [0.3, 0.4) is 0 Å². The zero-order chi connectivity index (χ0) is 22.9. The Balaban J connectivity index is 1.63. The van der Waals surface area contributed by atoms with Gasteiger partial charge in [-0.15, -0.1) is 0 Å². The van der Waals surface area contributed by atoms with Gasteiger partial charge in [-0.1, -0.05) is 38.2 Å². The van der Waals surface area contributed by atoms with Crippen molar-refractivity contribution in [1.82, 2.24) is 14.9 Å². The van der Waals surface area contributed by atoms with E-state index in [4.69, 9.17) is 10.7 Å². The molecule has 0 aliphatic carbocycles. The lowest BCUT2D eigenvalue weighted by atomic mass is 10.1. The van der Waals surface area contributed by atoms with Gasteiger partial charge in [0.05, 0.1) is 5.69 Å². The van der Waals surface area contributed by atoms with Gasteiger partial charge in [0.1, 0.15) is 0 Å². The second-order valence-corrected chi connectivity index (χ2v) is 8.14. The molecule has 0 radical (unpaired) electrons. The van der Waals surface area contributed by atoms with Crippen LogP contribution in [0, 0.1) is 0 Å². The van der Waals surface area contributed by atoms with Crippen LogP contribution in [0.5, 0.6) is 0 Å². The summed E-state index contributed by atoms with van der Waals surface area (Å²) in [7, 11) is 0. The van der Waals surface area contributed by atoms with E-state index < -0.39 is 0 Å². The van der Waals surface area contributed by atoms with Crippen LogP contribution in [0.15, 0.2) is 67.0 Å². The van der Waals surface area contributed by atoms with Crippen molar-refractivity contribution in [3.63, 3.8) is 0 Å². The first-order valence-corrected chi connectivity index (χ1v) is 11.5. The summed E-state index contributed by atoms with van der Waals surface area (Å²) in [6.45, 7) is 14.1. The molecule has 2 heterocycles. The van der Waals surface area contributed by atoms with Gasteiger partial charge in [0, 0.05) is 55.5 Å². The Morgan fingerprint density at radius 1 is 1.19 bits per heavy atom. The molecule has 1 aromatic heterocycles. The van der Waals surface area contributed by atoms with Gasteiger partial charge in [-0.2, -0.15) is 0 Å². The number of nitrogens with one attached hydrogen (secondary N) is 1. The van der Waals surface area contributed by atoms with E-state index in [1.54, 1.807) is 6.20 Å². The SMILES string of the molecule is C=C(C(C)N)N1CCN(c2ccc(Nc3nccc(C(/C=C\C)=C/CCC)n3)cc2)CC1. The summed E-state index contributed by atoms with van der Waals surface area (Å²) in [4.78, 5) is 13.8. The Morgan fingerprint density at radius 2 is 1.91 bits per heavy atom. The molecule has 0 spiro atoms. The summed E-state index contributed by atoms with van der Waals surface area (Å²) in [5.74, 6) is 0.602. The Labute approximate surface area is 192 Å². The average Bonchev–Trinajstić information content (AvgIpc) is 2.82. The molecular formula is C26H36N6. The highest BCUT2D eigenvalue weighted by Gasteiger charge is 2.19. The van der Waals surface area contributed by atoms with Crippen LogP contribution in [0.4, 0.5) is 17.3 Å². The fraction of sp³-hybridized carbons (Fsp3) is 0.385. The molecule has 6 heteroatoms. The van der Waals surface area contributed by atoms with Gasteiger partial charge in [0.2, 0.25) is 5.95 Å². The Bertz CT molecular complexity index is 937. The van der Waals surface area contributed by atoms with Crippen LogP contribution in [0.25, 0.3) is 5.57 Å². The lowest BCUT2D eigenvalue weighted by molar-refractivity contribution is 0.306. The predicted octanol–water partition coefficient (Wildman–Crippen LogP) is 4.96. The summed E-state index contributed by atoms with van der Waals surface area (Å²) in [5.41, 5.74) is 11.2. The van der Waals surface area contributed by atoms with Crippen LogP contribution in [-0.4, -0.2) is 47.1 Å². The number of rotatable bonds is 9. The Morgan fingerprint density at radius 3 is 2.53 bits per heavy atom. The third-order valence-electron chi connectivity index (χ3n) is 5.65. The summed E-state index contributed by atoms with van der Waals surface area (Å²) in [6.07, 6.45) is 10.3. The zero-order valence-electron chi connectivity index (χ0n) is 19.6. The molecule has 1 unspecified atom stereocenters. The van der Waals surface area contributed by atoms with Crippen molar-refractivity contribution in [2.75, 3.05) is 36.4 Å². The molecular weight excluding hydrogens is 396 g/mol. The molecule has 0 saturated carbocycles. The normalized spacial score (nSPS) is 15.8. The van der Waals surface area contributed by atoms with Crippen molar-refractivity contribution in [1.29, 1.82) is 0 Å². The number of aromatic nitrogens is 2. The number of benzene rings is 1. The minimum absolute atomic E-state index is 0.00355. The Hall–Kier alpha value is -3.12. The van der Waals surface area contributed by atoms with E-state index in [0.29, 0.717) is 5.95 Å². The lowest BCUT2D eigenvalue weighted by Gasteiger charge is -2.39. The molecule has 1 aromatic carbocycles. The highest BCUT2D eigenvalue weighted by Crippen LogP contribution is 2.23. The summed E-state index contributed by atoms with van der Waals surface area (Å²) in [6, 6.07) is 10.4. The van der Waals surface area contributed by atoms with Crippen molar-refractivity contribution >= 4 is 22.9 Å². The molecule has 1 aliphatic heterocycles. The molecule has 0 bridgehead atoms. The van der Waals surface area contributed by atoms with E-state index in [1.165, 1.54) is 5.69 Å². The largest absolute Gasteiger partial charge is 0.370 e. The van der Waals surface area contributed by atoms with Gasteiger partial charge in [0.15, 0.2) is 0 Å². The van der Waals surface area contributed by atoms with Crippen LogP contribution in [-0.2, 0) is 0 Å². The number of anilines is 3. The first-order chi connectivity index (χ1) is 15.5. The van der Waals surface area contributed by atoms with E-state index >= 15 is 0 Å². The lowest BCUT2D eigenvalue weighted by Crippen LogP contribution is -2.48. The third kappa shape index (κ3) is 6.20. The minimum atomic E-state index is 0.00355. The van der Waals surface area contributed by atoms with Crippen LogP contribution in [0.1, 0.15) is 39.3 Å². The highest BCUT2D eigenvalue weighted by molar-refractivity contribution is 5.72. The number of nitrogens with zero attached hydrogens (tertiary/aromatic N) is 4. The average molecular weight is 433 g/mol. The van der Waals surface area contributed by atoms with E-state index in [9.17, 15) is 0 Å². The molecule has 1 saturated heterocycles. The number of unbranched alkanes of at least 4 members (excludes halogenated alkanes) is 1. The Kier molecular flexibility index (Phi) is 8.45. The third-order valence-corrected chi connectivity index (χ3v) is 5.65. The molecule has 32 heavy (non-hydrogen) atoms. The van der Waals surface area contributed by atoms with Gasteiger partial charge < -0.3 is 20.9 Å². The van der Waals surface area contributed by atoms with E-state index in [-0.39, 0.29) is 6.04 Å². The van der Waals surface area contributed by atoms with Crippen LogP contribution >= 0.6 is 0 Å². The minimum Gasteiger partial charge on any atom is -0.370 e. The second kappa shape index (κ2) is 11.5. The van der Waals surface area contributed by atoms with Gasteiger partial charge in [-0.05, 0) is 56.2 Å². The maximum absolute atomic E-state index is 5.98. The van der Waals surface area contributed by atoms with Gasteiger partial charge >= 0.3 is 0 Å². The molecule has 1 aliphatic rings. The highest BCUT2D eigenvalue weighted by atomic mass is 15.3. The van der Waals surface area contributed by atoms with E-state index in [2.05, 4.69) is 70.0 Å². The fourth-order valence-electron chi connectivity index (χ4n) is 3.74. The molecule has 0 amide bonds. The predicted molar refractivity (Wildman–Crippen MR) is 136 cm³/mol. The maximum atomic E-state index is 5.98. The number of piperazine rings is 1. The molecule has 6 nitrogen and oxygen atoms in total. The maximum Gasteiger partial charge on any atom is 0.227 e. The summed E-state index contributed by atoms with van der Waals surface area (Å²) >= 11 is 0. The molecule has 3 N–H and O–H groups in total. The molecule has 1 atom stereocenters. The topological polar surface area (TPSA) is 70.3 Å². The smallest absolute Gasteiger partial charge is 0.227 e. The van der Waals surface area contributed by atoms with Crippen molar-refractivity contribution < 1.29 is 0 Å². The van der Waals surface area contributed by atoms with Gasteiger partial charge in [-0.25, -0.2) is 9.97 Å². The first kappa shape index (κ1) is 23.5. The number of hydrogen-bond acceptors (Lipinski definition) is 6. The number of nitrogens with two attached hydrogens (primary N) is 1. The molecule has 170 valence electrons. The van der Waals surface area contributed by atoms with Crippen LogP contribution < -0.4 is 16.0 Å². The first-order valence-electron chi connectivity index (χ1n) is 11.5. The quantitative estimate of drug-likeness (QED) is 0.546. The van der Waals surface area contributed by atoms with Crippen molar-refractivity contribution in [2.24, 2.45) is 5.73 Å². The number of allylic oxidation sites excluding steroid dienone is 4. The summed E-state index contributed by atoms with van der Waals surface area (Å²) < 4.78 is 0. The summed E-state index contributed by atoms with van der Waals surface area (Å²) in [5, 5.41) is 3.34. The van der Waals surface area contributed by atoms with Gasteiger partial charge in [-0.3, -0.25) is 0 Å². The molecule has 3 rings (SSSR count). The molecule has 2 aromatic rings. The monoisotopic (exact) mass is 432 g/mol. The van der Waals surface area contributed by atoms with Crippen molar-refractivity contribution in [2.45, 2.75) is 39.7 Å². The van der Waals surface area contributed by atoms with E-state index in [0.717, 1.165) is 61.7 Å². The fourth-order valence-corrected chi connectivity index (χ4v) is 3.74. The molecule has 1 fully saturated rings.